The molecule has 0 fully saturated rings. The van der Waals surface area contributed by atoms with Crippen molar-refractivity contribution in [2.24, 2.45) is 0 Å². The molecule has 272 valence electrons. The van der Waals surface area contributed by atoms with Gasteiger partial charge in [-0.05, 0) is 80.9 Å². The highest BCUT2D eigenvalue weighted by Crippen LogP contribution is 2.42. The number of fused-ring (bicyclic) bond motifs is 9. The molecule has 0 spiro atoms. The van der Waals surface area contributed by atoms with Crippen molar-refractivity contribution in [2.45, 2.75) is 12.8 Å². The van der Waals surface area contributed by atoms with Crippen LogP contribution in [0.2, 0.25) is 0 Å². The van der Waals surface area contributed by atoms with E-state index in [-0.39, 0.29) is 0 Å². The van der Waals surface area contributed by atoms with E-state index in [0.717, 1.165) is 57.1 Å². The summed E-state index contributed by atoms with van der Waals surface area (Å²) in [5.74, 6) is 1.91. The molecule has 0 radical (unpaired) electrons. The molecule has 0 amide bonds. The van der Waals surface area contributed by atoms with Gasteiger partial charge in [-0.25, -0.2) is 19.9 Å². The van der Waals surface area contributed by atoms with E-state index in [2.05, 4.69) is 133 Å². The quantitative estimate of drug-likeness (QED) is 0.169. The number of aromatic nitrogens is 4. The molecule has 0 unspecified atom stereocenters. The molecule has 58 heavy (non-hydrogen) atoms. The monoisotopic (exact) mass is 740 g/mol. The minimum atomic E-state index is 0.627. The minimum Gasteiger partial charge on any atom is -0.247 e. The van der Waals surface area contributed by atoms with E-state index in [4.69, 9.17) is 19.9 Å². The maximum atomic E-state index is 5.39. The highest BCUT2D eigenvalue weighted by molar-refractivity contribution is 6.12. The molecular formula is C54H36N4. The molecule has 0 atom stereocenters. The molecule has 0 bridgehead atoms. The maximum Gasteiger partial charge on any atom is 0.164 e. The van der Waals surface area contributed by atoms with E-state index in [0.29, 0.717) is 17.5 Å². The molecule has 2 heterocycles. The number of pyridine rings is 1. The Labute approximate surface area is 337 Å². The molecule has 4 heteroatoms. The van der Waals surface area contributed by atoms with Gasteiger partial charge in [0.2, 0.25) is 0 Å². The Morgan fingerprint density at radius 3 is 1.28 bits per heavy atom. The highest BCUT2D eigenvalue weighted by Gasteiger charge is 2.21. The van der Waals surface area contributed by atoms with Gasteiger partial charge in [0.25, 0.3) is 0 Å². The molecule has 1 aliphatic rings. The Morgan fingerprint density at radius 2 is 0.707 bits per heavy atom. The molecule has 0 N–H and O–H groups in total. The molecule has 11 rings (SSSR count). The van der Waals surface area contributed by atoms with Gasteiger partial charge in [-0.15, -0.1) is 0 Å². The summed E-state index contributed by atoms with van der Waals surface area (Å²) in [5.41, 5.74) is 16.2. The number of nitrogens with zero attached hydrogens (tertiary/aromatic N) is 4. The van der Waals surface area contributed by atoms with Crippen molar-refractivity contribution in [3.05, 3.63) is 216 Å². The summed E-state index contributed by atoms with van der Waals surface area (Å²) >= 11 is 0. The van der Waals surface area contributed by atoms with Gasteiger partial charge in [-0.1, -0.05) is 176 Å². The third-order valence-corrected chi connectivity index (χ3v) is 11.4. The van der Waals surface area contributed by atoms with Gasteiger partial charge in [0.15, 0.2) is 17.5 Å². The highest BCUT2D eigenvalue weighted by atomic mass is 15.0. The number of hydrogen-bond donors (Lipinski definition) is 0. The summed E-state index contributed by atoms with van der Waals surface area (Å²) < 4.78 is 0. The Bertz CT molecular complexity index is 3100. The van der Waals surface area contributed by atoms with Crippen LogP contribution in [0.15, 0.2) is 194 Å². The molecule has 0 aliphatic heterocycles. The van der Waals surface area contributed by atoms with Crippen LogP contribution in [-0.2, 0) is 12.8 Å². The molecule has 0 saturated carbocycles. The normalized spacial score (nSPS) is 12.0. The van der Waals surface area contributed by atoms with E-state index in [1.54, 1.807) is 0 Å². The molecule has 0 saturated heterocycles. The fourth-order valence-corrected chi connectivity index (χ4v) is 8.60. The van der Waals surface area contributed by atoms with Crippen molar-refractivity contribution in [3.8, 4) is 67.7 Å². The van der Waals surface area contributed by atoms with Gasteiger partial charge in [-0.3, -0.25) is 0 Å². The number of rotatable bonds is 4. The summed E-state index contributed by atoms with van der Waals surface area (Å²) in [4.78, 5) is 20.3. The second-order valence-electron chi connectivity index (χ2n) is 15.0. The summed E-state index contributed by atoms with van der Waals surface area (Å²) in [5, 5.41) is 3.48. The van der Waals surface area contributed by atoms with Crippen LogP contribution in [0.25, 0.3) is 89.4 Å². The van der Waals surface area contributed by atoms with Crippen LogP contribution in [-0.4, -0.2) is 19.9 Å². The Morgan fingerprint density at radius 1 is 0.276 bits per heavy atom. The summed E-state index contributed by atoms with van der Waals surface area (Å²) in [6.07, 6.45) is 1.66. The van der Waals surface area contributed by atoms with E-state index in [9.17, 15) is 0 Å². The Balaban J connectivity index is 1.09. The molecule has 8 aromatic carbocycles. The Kier molecular flexibility index (Phi) is 8.25. The van der Waals surface area contributed by atoms with E-state index >= 15 is 0 Å². The topological polar surface area (TPSA) is 51.6 Å². The van der Waals surface area contributed by atoms with Gasteiger partial charge < -0.3 is 0 Å². The van der Waals surface area contributed by atoms with Crippen molar-refractivity contribution in [1.82, 2.24) is 19.9 Å². The van der Waals surface area contributed by atoms with Crippen LogP contribution >= 0.6 is 0 Å². The van der Waals surface area contributed by atoms with Crippen LogP contribution < -0.4 is 0 Å². The zero-order valence-electron chi connectivity index (χ0n) is 31.7. The van der Waals surface area contributed by atoms with Crippen LogP contribution in [0, 0.1) is 0 Å². The second-order valence-corrected chi connectivity index (χ2v) is 15.0. The van der Waals surface area contributed by atoms with E-state index in [1.165, 1.54) is 49.9 Å². The van der Waals surface area contributed by atoms with Crippen molar-refractivity contribution >= 4 is 21.7 Å². The van der Waals surface area contributed by atoms with Gasteiger partial charge in [-0.2, -0.15) is 0 Å². The largest absolute Gasteiger partial charge is 0.247 e. The van der Waals surface area contributed by atoms with Crippen LogP contribution in [0.5, 0.6) is 0 Å². The van der Waals surface area contributed by atoms with Crippen LogP contribution in [0.3, 0.4) is 0 Å². The van der Waals surface area contributed by atoms with Gasteiger partial charge in [0.05, 0.1) is 11.2 Å². The number of para-hydroxylation sites is 1. The fourth-order valence-electron chi connectivity index (χ4n) is 8.60. The van der Waals surface area contributed by atoms with E-state index in [1.807, 2.05) is 60.7 Å². The zero-order chi connectivity index (χ0) is 38.4. The predicted molar refractivity (Wildman–Crippen MR) is 237 cm³/mol. The van der Waals surface area contributed by atoms with Gasteiger partial charge in [0.1, 0.15) is 0 Å². The molecule has 10 aromatic rings. The first-order valence-corrected chi connectivity index (χ1v) is 19.8. The van der Waals surface area contributed by atoms with Crippen LogP contribution in [0.4, 0.5) is 0 Å². The number of benzene rings is 8. The molecular weight excluding hydrogens is 705 g/mol. The molecule has 4 nitrogen and oxygen atoms in total. The summed E-state index contributed by atoms with van der Waals surface area (Å²) in [7, 11) is 0. The van der Waals surface area contributed by atoms with Crippen LogP contribution in [0.1, 0.15) is 22.3 Å². The lowest BCUT2D eigenvalue weighted by Gasteiger charge is -2.22. The van der Waals surface area contributed by atoms with E-state index < -0.39 is 0 Å². The summed E-state index contributed by atoms with van der Waals surface area (Å²) in [6.45, 7) is 0. The Hall–Kier alpha value is -7.56. The molecule has 1 aliphatic carbocycles. The number of hydrogen-bond acceptors (Lipinski definition) is 4. The minimum absolute atomic E-state index is 0.627. The smallest absolute Gasteiger partial charge is 0.164 e. The first-order chi connectivity index (χ1) is 28.7. The second kappa shape index (κ2) is 14.2. The van der Waals surface area contributed by atoms with Crippen molar-refractivity contribution < 1.29 is 0 Å². The maximum absolute atomic E-state index is 5.39. The third-order valence-electron chi connectivity index (χ3n) is 11.4. The van der Waals surface area contributed by atoms with Crippen molar-refractivity contribution in [3.63, 3.8) is 0 Å². The lowest BCUT2D eigenvalue weighted by molar-refractivity contribution is 1.07. The average molecular weight is 741 g/mol. The zero-order valence-corrected chi connectivity index (χ0v) is 31.7. The summed E-state index contributed by atoms with van der Waals surface area (Å²) in [6, 6.07) is 68.9. The van der Waals surface area contributed by atoms with Crippen molar-refractivity contribution in [1.29, 1.82) is 0 Å². The average Bonchev–Trinajstić information content (AvgIpc) is 3.29. The third kappa shape index (κ3) is 6.03. The lowest BCUT2D eigenvalue weighted by atomic mass is 9.82. The fraction of sp³-hybridized carbons (Fsp3) is 0.0370. The molecule has 2 aromatic heterocycles. The lowest BCUT2D eigenvalue weighted by Crippen LogP contribution is -2.03. The van der Waals surface area contributed by atoms with Crippen molar-refractivity contribution in [2.75, 3.05) is 0 Å². The van der Waals surface area contributed by atoms with Gasteiger partial charge >= 0.3 is 0 Å². The standard InChI is InChI=1S/C54H36N4/c1-3-15-36(16-4-1)52-56-53(37-17-5-2-6-18-37)58-54(57-52)38-29-27-35(28-30-38)51-49-34-47-42(33-48(49)46-25-13-14-26-50(46)55-51)32-41-21-8-11-23-44(41)43-22-10-7-19-39(43)31-40-20-9-12-24-45(40)47/h1-30,33-34H,31-32H2. The first kappa shape index (κ1) is 33.8. The SMILES string of the molecule is c1ccc(-c2nc(-c3ccccc3)nc(-c3ccc(-c4nc5ccccc5c5cc6c(cc45)-c4ccccc4Cc4ccccc4-c4ccccc4C6)cc3)n2)cc1. The predicted octanol–water partition coefficient (Wildman–Crippen LogP) is 13.1. The van der Waals surface area contributed by atoms with Gasteiger partial charge in [0, 0.05) is 33.0 Å². The first-order valence-electron chi connectivity index (χ1n) is 19.8.